The van der Waals surface area contributed by atoms with Crippen molar-refractivity contribution >= 4 is 11.4 Å². The molecule has 0 radical (unpaired) electrons. The van der Waals surface area contributed by atoms with E-state index in [1.807, 2.05) is 4.68 Å². The summed E-state index contributed by atoms with van der Waals surface area (Å²) in [6.45, 7) is 7.14. The number of anilines is 2. The van der Waals surface area contributed by atoms with Crippen LogP contribution in [0.25, 0.3) is 0 Å². The lowest BCUT2D eigenvalue weighted by Gasteiger charge is -2.28. The van der Waals surface area contributed by atoms with Gasteiger partial charge in [-0.2, -0.15) is 5.10 Å². The number of nitrogens with zero attached hydrogens (tertiary/aromatic N) is 4. The van der Waals surface area contributed by atoms with Crippen LogP contribution >= 0.6 is 0 Å². The predicted molar refractivity (Wildman–Crippen MR) is 82.5 cm³/mol. The molecule has 1 N–H and O–H groups in total. The smallest absolute Gasteiger partial charge is 0.146 e. The van der Waals surface area contributed by atoms with E-state index in [-0.39, 0.29) is 0 Å². The van der Waals surface area contributed by atoms with Crippen LogP contribution in [-0.4, -0.2) is 41.1 Å². The van der Waals surface area contributed by atoms with E-state index < -0.39 is 0 Å². The summed E-state index contributed by atoms with van der Waals surface area (Å²) in [6.07, 6.45) is 1.60. The van der Waals surface area contributed by atoms with Crippen molar-refractivity contribution < 1.29 is 4.74 Å². The average molecular weight is 287 g/mol. The Kier molecular flexibility index (Phi) is 4.35. The number of nitrogens with one attached hydrogen (secondary N) is 1. The minimum atomic E-state index is 0.685. The largest absolute Gasteiger partial charge is 0.378 e. The number of aryl methyl sites for hydroxylation is 1. The third kappa shape index (κ3) is 3.33. The SMILES string of the molecule is CCn1ncnc1CNc1ccc(N2CCOCC2)cc1. The molecule has 0 spiro atoms. The summed E-state index contributed by atoms with van der Waals surface area (Å²) in [4.78, 5) is 6.61. The van der Waals surface area contributed by atoms with Gasteiger partial charge in [0.15, 0.2) is 0 Å². The number of hydrogen-bond acceptors (Lipinski definition) is 5. The first kappa shape index (κ1) is 13.9. The van der Waals surface area contributed by atoms with Crippen LogP contribution in [0.5, 0.6) is 0 Å². The van der Waals surface area contributed by atoms with Gasteiger partial charge in [0.25, 0.3) is 0 Å². The van der Waals surface area contributed by atoms with Crippen molar-refractivity contribution in [1.82, 2.24) is 14.8 Å². The van der Waals surface area contributed by atoms with Gasteiger partial charge in [-0.1, -0.05) is 0 Å². The quantitative estimate of drug-likeness (QED) is 0.908. The number of benzene rings is 1. The molecule has 1 aliphatic rings. The van der Waals surface area contributed by atoms with Crippen molar-refractivity contribution in [2.24, 2.45) is 0 Å². The van der Waals surface area contributed by atoms with Crippen LogP contribution in [0.4, 0.5) is 11.4 Å². The van der Waals surface area contributed by atoms with Gasteiger partial charge < -0.3 is 15.0 Å². The second kappa shape index (κ2) is 6.58. The molecule has 0 aliphatic carbocycles. The van der Waals surface area contributed by atoms with E-state index >= 15 is 0 Å². The fraction of sp³-hybridized carbons (Fsp3) is 0.467. The maximum absolute atomic E-state index is 5.38. The molecule has 3 rings (SSSR count). The van der Waals surface area contributed by atoms with Crippen LogP contribution in [0.2, 0.25) is 0 Å². The van der Waals surface area contributed by atoms with Crippen LogP contribution in [0.15, 0.2) is 30.6 Å². The Morgan fingerprint density at radius 2 is 1.95 bits per heavy atom. The normalized spacial score (nSPS) is 15.2. The van der Waals surface area contributed by atoms with Crippen molar-refractivity contribution in [2.75, 3.05) is 36.5 Å². The molecule has 1 aromatic carbocycles. The fourth-order valence-electron chi connectivity index (χ4n) is 2.48. The summed E-state index contributed by atoms with van der Waals surface area (Å²) < 4.78 is 7.28. The summed E-state index contributed by atoms with van der Waals surface area (Å²) >= 11 is 0. The van der Waals surface area contributed by atoms with Crippen LogP contribution in [0.1, 0.15) is 12.7 Å². The zero-order valence-electron chi connectivity index (χ0n) is 12.3. The maximum Gasteiger partial charge on any atom is 0.146 e. The van der Waals surface area contributed by atoms with Crippen molar-refractivity contribution in [3.8, 4) is 0 Å². The first-order valence-electron chi connectivity index (χ1n) is 7.40. The highest BCUT2D eigenvalue weighted by molar-refractivity contribution is 5.55. The fourth-order valence-corrected chi connectivity index (χ4v) is 2.48. The lowest BCUT2D eigenvalue weighted by atomic mass is 10.2. The molecule has 1 fully saturated rings. The van der Waals surface area contributed by atoms with Gasteiger partial charge in [0.2, 0.25) is 0 Å². The van der Waals surface area contributed by atoms with Gasteiger partial charge >= 0.3 is 0 Å². The number of morpholine rings is 1. The summed E-state index contributed by atoms with van der Waals surface area (Å²) in [5.74, 6) is 0.953. The molecule has 0 amide bonds. The number of ether oxygens (including phenoxy) is 1. The molecule has 2 heterocycles. The minimum absolute atomic E-state index is 0.685. The molecular formula is C15H21N5O. The summed E-state index contributed by atoms with van der Waals surface area (Å²) in [5, 5.41) is 7.55. The van der Waals surface area contributed by atoms with Crippen LogP contribution in [-0.2, 0) is 17.8 Å². The second-order valence-corrected chi connectivity index (χ2v) is 4.99. The molecular weight excluding hydrogens is 266 g/mol. The molecule has 112 valence electrons. The average Bonchev–Trinajstić information content (AvgIpc) is 3.02. The number of rotatable bonds is 5. The number of hydrogen-bond donors (Lipinski definition) is 1. The van der Waals surface area contributed by atoms with E-state index in [9.17, 15) is 0 Å². The van der Waals surface area contributed by atoms with Gasteiger partial charge in [-0.3, -0.25) is 0 Å². The van der Waals surface area contributed by atoms with Gasteiger partial charge in [0, 0.05) is 31.0 Å². The Morgan fingerprint density at radius 1 is 1.19 bits per heavy atom. The Labute approximate surface area is 124 Å². The molecule has 0 unspecified atom stereocenters. The van der Waals surface area contributed by atoms with Gasteiger partial charge in [-0.05, 0) is 31.2 Å². The maximum atomic E-state index is 5.38. The van der Waals surface area contributed by atoms with Crippen LogP contribution in [0.3, 0.4) is 0 Å². The van der Waals surface area contributed by atoms with E-state index in [0.717, 1.165) is 44.4 Å². The first-order chi connectivity index (χ1) is 10.4. The van der Waals surface area contributed by atoms with E-state index in [4.69, 9.17) is 4.74 Å². The standard InChI is InChI=1S/C15H21N5O/c1-2-20-15(17-12-18-20)11-16-13-3-5-14(6-4-13)19-7-9-21-10-8-19/h3-6,12,16H,2,7-11H2,1H3. The van der Waals surface area contributed by atoms with Gasteiger partial charge in [-0.15, -0.1) is 0 Å². The number of aromatic nitrogens is 3. The molecule has 2 aromatic rings. The summed E-state index contributed by atoms with van der Waals surface area (Å²) in [5.41, 5.74) is 2.35. The molecule has 1 aromatic heterocycles. The van der Waals surface area contributed by atoms with Gasteiger partial charge in [0.05, 0.1) is 19.8 Å². The summed E-state index contributed by atoms with van der Waals surface area (Å²) in [7, 11) is 0. The molecule has 0 atom stereocenters. The third-order valence-corrected chi connectivity index (χ3v) is 3.69. The van der Waals surface area contributed by atoms with E-state index in [1.54, 1.807) is 6.33 Å². The molecule has 1 saturated heterocycles. The lowest BCUT2D eigenvalue weighted by molar-refractivity contribution is 0.122. The van der Waals surface area contributed by atoms with Crippen molar-refractivity contribution in [1.29, 1.82) is 0 Å². The Balaban J connectivity index is 1.59. The zero-order chi connectivity index (χ0) is 14.5. The first-order valence-corrected chi connectivity index (χ1v) is 7.40. The highest BCUT2D eigenvalue weighted by atomic mass is 16.5. The molecule has 6 nitrogen and oxygen atoms in total. The third-order valence-electron chi connectivity index (χ3n) is 3.69. The van der Waals surface area contributed by atoms with Gasteiger partial charge in [-0.25, -0.2) is 9.67 Å². The van der Waals surface area contributed by atoms with E-state index in [1.165, 1.54) is 5.69 Å². The summed E-state index contributed by atoms with van der Waals surface area (Å²) in [6, 6.07) is 8.52. The Bertz CT molecular complexity index is 560. The van der Waals surface area contributed by atoms with Crippen LogP contribution in [0, 0.1) is 0 Å². The zero-order valence-corrected chi connectivity index (χ0v) is 12.3. The molecule has 0 bridgehead atoms. The Morgan fingerprint density at radius 3 is 2.67 bits per heavy atom. The molecule has 0 saturated carbocycles. The van der Waals surface area contributed by atoms with Crippen molar-refractivity contribution in [2.45, 2.75) is 20.0 Å². The second-order valence-electron chi connectivity index (χ2n) is 4.99. The van der Waals surface area contributed by atoms with Crippen molar-refractivity contribution in [3.63, 3.8) is 0 Å². The Hall–Kier alpha value is -2.08. The molecule has 6 heteroatoms. The monoisotopic (exact) mass is 287 g/mol. The highest BCUT2D eigenvalue weighted by Gasteiger charge is 2.10. The predicted octanol–water partition coefficient (Wildman–Crippen LogP) is 1.75. The topological polar surface area (TPSA) is 55.2 Å². The lowest BCUT2D eigenvalue weighted by Crippen LogP contribution is -2.36. The van der Waals surface area contributed by atoms with E-state index in [2.05, 4.69) is 51.5 Å². The molecule has 1 aliphatic heterocycles. The van der Waals surface area contributed by atoms with Gasteiger partial charge in [0.1, 0.15) is 12.2 Å². The van der Waals surface area contributed by atoms with E-state index in [0.29, 0.717) is 6.54 Å². The van der Waals surface area contributed by atoms with Crippen molar-refractivity contribution in [3.05, 3.63) is 36.4 Å². The van der Waals surface area contributed by atoms with Crippen LogP contribution < -0.4 is 10.2 Å². The minimum Gasteiger partial charge on any atom is -0.378 e. The highest BCUT2D eigenvalue weighted by Crippen LogP contribution is 2.19. The molecule has 21 heavy (non-hydrogen) atoms.